The molecule has 88 valence electrons. The van der Waals surface area contributed by atoms with Gasteiger partial charge in [-0.05, 0) is 26.0 Å². The van der Waals surface area contributed by atoms with Crippen molar-refractivity contribution in [1.29, 1.82) is 0 Å². The van der Waals surface area contributed by atoms with E-state index in [1.807, 2.05) is 13.0 Å². The Morgan fingerprint density at radius 2 is 2.31 bits per heavy atom. The van der Waals surface area contributed by atoms with Crippen molar-refractivity contribution in [2.24, 2.45) is 0 Å². The number of rotatable bonds is 2. The highest BCUT2D eigenvalue weighted by Gasteiger charge is 2.23. The molecule has 16 heavy (non-hydrogen) atoms. The molecule has 1 aromatic carbocycles. The summed E-state index contributed by atoms with van der Waals surface area (Å²) in [6.07, 6.45) is 1.04. The zero-order valence-electron chi connectivity index (χ0n) is 9.51. The minimum atomic E-state index is 0.315. The van der Waals surface area contributed by atoms with E-state index in [4.69, 9.17) is 16.3 Å². The van der Waals surface area contributed by atoms with E-state index < -0.39 is 0 Å². The molecule has 1 saturated heterocycles. The molecule has 1 atom stereocenters. The first-order valence-corrected chi connectivity index (χ1v) is 5.79. The average molecular weight is 242 g/mol. The lowest BCUT2D eigenvalue weighted by molar-refractivity contribution is 0.400. The second-order valence-corrected chi connectivity index (χ2v) is 4.55. The van der Waals surface area contributed by atoms with E-state index in [9.17, 15) is 5.11 Å². The van der Waals surface area contributed by atoms with Crippen LogP contribution >= 0.6 is 11.6 Å². The molecule has 4 heteroatoms. The van der Waals surface area contributed by atoms with Crippen LogP contribution in [0.3, 0.4) is 0 Å². The summed E-state index contributed by atoms with van der Waals surface area (Å²) >= 11 is 6.13. The summed E-state index contributed by atoms with van der Waals surface area (Å²) in [7, 11) is 1.56. The number of methoxy groups -OCH3 is 1. The molecular weight excluding hydrogens is 226 g/mol. The molecule has 1 aromatic rings. The Morgan fingerprint density at radius 1 is 1.56 bits per heavy atom. The Kier molecular flexibility index (Phi) is 3.26. The topological polar surface area (TPSA) is 41.5 Å². The van der Waals surface area contributed by atoms with Gasteiger partial charge in [-0.2, -0.15) is 0 Å². The van der Waals surface area contributed by atoms with E-state index in [0.717, 1.165) is 30.6 Å². The third-order valence-electron chi connectivity index (χ3n) is 3.17. The summed E-state index contributed by atoms with van der Waals surface area (Å²) in [6, 6.07) is 1.82. The van der Waals surface area contributed by atoms with E-state index >= 15 is 0 Å². The normalized spacial score (nSPS) is 20.1. The third kappa shape index (κ3) is 1.85. The van der Waals surface area contributed by atoms with E-state index in [1.165, 1.54) is 0 Å². The minimum Gasteiger partial charge on any atom is -0.507 e. The van der Waals surface area contributed by atoms with Gasteiger partial charge in [0, 0.05) is 23.6 Å². The Hall–Kier alpha value is -0.930. The maximum atomic E-state index is 10.1. The molecule has 3 nitrogen and oxygen atoms in total. The lowest BCUT2D eigenvalue weighted by Gasteiger charge is -2.16. The van der Waals surface area contributed by atoms with Crippen LogP contribution in [0.15, 0.2) is 6.07 Å². The fourth-order valence-corrected chi connectivity index (χ4v) is 2.59. The van der Waals surface area contributed by atoms with Gasteiger partial charge in [0.1, 0.15) is 11.5 Å². The van der Waals surface area contributed by atoms with Crippen molar-refractivity contribution in [2.45, 2.75) is 19.3 Å². The van der Waals surface area contributed by atoms with Gasteiger partial charge in [0.25, 0.3) is 0 Å². The number of ether oxygens (including phenoxy) is 1. The number of halogens is 1. The third-order valence-corrected chi connectivity index (χ3v) is 3.45. The van der Waals surface area contributed by atoms with Gasteiger partial charge in [0.15, 0.2) is 0 Å². The average Bonchev–Trinajstić information content (AvgIpc) is 2.77. The van der Waals surface area contributed by atoms with E-state index in [2.05, 4.69) is 5.32 Å². The lowest BCUT2D eigenvalue weighted by atomic mass is 9.95. The van der Waals surface area contributed by atoms with Crippen molar-refractivity contribution in [3.05, 3.63) is 22.2 Å². The predicted molar refractivity (Wildman–Crippen MR) is 64.6 cm³/mol. The number of benzene rings is 1. The fourth-order valence-electron chi connectivity index (χ4n) is 2.26. The summed E-state index contributed by atoms with van der Waals surface area (Å²) < 4.78 is 5.17. The minimum absolute atomic E-state index is 0.315. The van der Waals surface area contributed by atoms with Gasteiger partial charge in [-0.15, -0.1) is 0 Å². The van der Waals surface area contributed by atoms with Crippen molar-refractivity contribution >= 4 is 11.6 Å². The highest BCUT2D eigenvalue weighted by Crippen LogP contribution is 2.41. The highest BCUT2D eigenvalue weighted by molar-refractivity contribution is 6.32. The molecule has 0 aromatic heterocycles. The summed E-state index contributed by atoms with van der Waals surface area (Å²) in [5, 5.41) is 14.0. The number of hydrogen-bond acceptors (Lipinski definition) is 3. The first-order valence-electron chi connectivity index (χ1n) is 5.41. The fraction of sp³-hybridized carbons (Fsp3) is 0.500. The number of phenols is 1. The van der Waals surface area contributed by atoms with Crippen molar-refractivity contribution in [1.82, 2.24) is 5.32 Å². The molecule has 2 rings (SSSR count). The molecule has 0 amide bonds. The van der Waals surface area contributed by atoms with Gasteiger partial charge in [-0.1, -0.05) is 11.6 Å². The van der Waals surface area contributed by atoms with Gasteiger partial charge in [-0.25, -0.2) is 0 Å². The van der Waals surface area contributed by atoms with Crippen LogP contribution in [0, 0.1) is 6.92 Å². The summed E-state index contributed by atoms with van der Waals surface area (Å²) in [5.74, 6) is 1.23. The smallest absolute Gasteiger partial charge is 0.144 e. The number of nitrogens with one attached hydrogen (secondary N) is 1. The van der Waals surface area contributed by atoms with E-state index in [0.29, 0.717) is 22.4 Å². The maximum Gasteiger partial charge on any atom is 0.144 e. The highest BCUT2D eigenvalue weighted by atomic mass is 35.5. The number of phenolic OH excluding ortho intramolecular Hbond substituents is 1. The van der Waals surface area contributed by atoms with E-state index in [-0.39, 0.29) is 0 Å². The van der Waals surface area contributed by atoms with Crippen molar-refractivity contribution in [3.8, 4) is 11.5 Å². The molecule has 0 radical (unpaired) electrons. The van der Waals surface area contributed by atoms with Crippen LogP contribution in [0.5, 0.6) is 11.5 Å². The number of hydrogen-bond donors (Lipinski definition) is 2. The number of aromatic hydroxyl groups is 1. The predicted octanol–water partition coefficient (Wildman–Crippen LogP) is 2.44. The van der Waals surface area contributed by atoms with Crippen LogP contribution in [-0.4, -0.2) is 25.3 Å². The largest absolute Gasteiger partial charge is 0.507 e. The van der Waals surface area contributed by atoms with Crippen LogP contribution in [0.25, 0.3) is 0 Å². The Bertz CT molecular complexity index is 400. The van der Waals surface area contributed by atoms with Crippen molar-refractivity contribution in [3.63, 3.8) is 0 Å². The van der Waals surface area contributed by atoms with Crippen LogP contribution in [0.1, 0.15) is 23.5 Å². The van der Waals surface area contributed by atoms with Gasteiger partial charge in [-0.3, -0.25) is 0 Å². The SMILES string of the molecule is COc1c(Cl)cc(C2CCNC2)c(O)c1C. The molecule has 0 spiro atoms. The standard InChI is InChI=1S/C12H16ClNO2/c1-7-11(15)9(8-3-4-14-6-8)5-10(13)12(7)16-2/h5,8,14-15H,3-4,6H2,1-2H3. The lowest BCUT2D eigenvalue weighted by Crippen LogP contribution is -2.08. The van der Waals surface area contributed by atoms with Gasteiger partial charge in [0.2, 0.25) is 0 Å². The molecule has 0 aliphatic carbocycles. The summed E-state index contributed by atoms with van der Waals surface area (Å²) in [5.41, 5.74) is 1.64. The molecule has 1 fully saturated rings. The Labute approximate surface area is 100 Å². The van der Waals surface area contributed by atoms with Crippen LogP contribution in [0.2, 0.25) is 5.02 Å². The molecule has 1 unspecified atom stereocenters. The van der Waals surface area contributed by atoms with Gasteiger partial charge >= 0.3 is 0 Å². The quantitative estimate of drug-likeness (QED) is 0.836. The monoisotopic (exact) mass is 241 g/mol. The second-order valence-electron chi connectivity index (χ2n) is 4.14. The Balaban J connectivity index is 2.46. The van der Waals surface area contributed by atoms with Gasteiger partial charge < -0.3 is 15.2 Å². The van der Waals surface area contributed by atoms with Crippen LogP contribution in [0.4, 0.5) is 0 Å². The second kappa shape index (κ2) is 4.52. The van der Waals surface area contributed by atoms with E-state index in [1.54, 1.807) is 7.11 Å². The van der Waals surface area contributed by atoms with Crippen LogP contribution < -0.4 is 10.1 Å². The zero-order chi connectivity index (χ0) is 11.7. The maximum absolute atomic E-state index is 10.1. The first kappa shape index (κ1) is 11.6. The molecular formula is C12H16ClNO2. The van der Waals surface area contributed by atoms with Gasteiger partial charge in [0.05, 0.1) is 12.1 Å². The van der Waals surface area contributed by atoms with Crippen molar-refractivity contribution in [2.75, 3.05) is 20.2 Å². The summed E-state index contributed by atoms with van der Waals surface area (Å²) in [6.45, 7) is 3.72. The molecule has 1 heterocycles. The van der Waals surface area contributed by atoms with Crippen LogP contribution in [-0.2, 0) is 0 Å². The summed E-state index contributed by atoms with van der Waals surface area (Å²) in [4.78, 5) is 0. The molecule has 1 aliphatic heterocycles. The van der Waals surface area contributed by atoms with Crippen molar-refractivity contribution < 1.29 is 9.84 Å². The molecule has 1 aliphatic rings. The molecule has 2 N–H and O–H groups in total. The first-order chi connectivity index (χ1) is 7.65. The zero-order valence-corrected chi connectivity index (χ0v) is 10.3. The molecule has 0 bridgehead atoms. The Morgan fingerprint density at radius 3 is 2.88 bits per heavy atom. The molecule has 0 saturated carbocycles.